The molecule has 5 nitrogen and oxygen atoms in total. The fraction of sp³-hybridized carbons (Fsp3) is 0.500. The quantitative estimate of drug-likeness (QED) is 0.787. The molecule has 0 aliphatic carbocycles. The molecule has 1 amide bonds. The Morgan fingerprint density at radius 3 is 2.70 bits per heavy atom. The fourth-order valence-corrected chi connectivity index (χ4v) is 2.91. The van der Waals surface area contributed by atoms with E-state index in [9.17, 15) is 4.79 Å². The summed E-state index contributed by atoms with van der Waals surface area (Å²) in [6, 6.07) is 6.91. The zero-order valence-electron chi connectivity index (χ0n) is 12.8. The van der Waals surface area contributed by atoms with Crippen LogP contribution in [0.25, 0.3) is 0 Å². The number of amides is 1. The number of nitrogens with zero attached hydrogens (tertiary/aromatic N) is 3. The summed E-state index contributed by atoms with van der Waals surface area (Å²) in [6.07, 6.45) is 0.292. The second-order valence-electron chi connectivity index (χ2n) is 5.28. The first-order valence-electron chi connectivity index (χ1n) is 7.53. The maximum atomic E-state index is 12.7. The molecule has 0 radical (unpaired) electrons. The highest BCUT2D eigenvalue weighted by molar-refractivity contribution is 6.36. The van der Waals surface area contributed by atoms with E-state index >= 15 is 0 Å². The van der Waals surface area contributed by atoms with Crippen LogP contribution in [0.2, 0.25) is 10.0 Å². The zero-order valence-corrected chi connectivity index (χ0v) is 14.3. The normalized spacial score (nSPS) is 15.2. The zero-order chi connectivity index (χ0) is 16.7. The smallest absolute Gasteiger partial charge is 0.255 e. The highest BCUT2D eigenvalue weighted by atomic mass is 35.5. The SMILES string of the molecule is N#CCCN(CCN1CCOCC1)C(=O)c1ccc(Cl)cc1Cl. The number of ether oxygens (including phenoxy) is 1. The molecule has 0 atom stereocenters. The van der Waals surface area contributed by atoms with Crippen molar-refractivity contribution in [2.75, 3.05) is 45.9 Å². The van der Waals surface area contributed by atoms with Crippen molar-refractivity contribution in [3.63, 3.8) is 0 Å². The molecular weight excluding hydrogens is 337 g/mol. The highest BCUT2D eigenvalue weighted by Crippen LogP contribution is 2.22. The standard InChI is InChI=1S/C16H19Cl2N3O2/c17-13-2-3-14(15(18)12-13)16(22)21(5-1-4-19)7-6-20-8-10-23-11-9-20/h2-3,12H,1,5-11H2. The van der Waals surface area contributed by atoms with Gasteiger partial charge >= 0.3 is 0 Å². The topological polar surface area (TPSA) is 56.6 Å². The number of halogens is 2. The number of carbonyl (C=O) groups is 1. The molecule has 23 heavy (non-hydrogen) atoms. The lowest BCUT2D eigenvalue weighted by Gasteiger charge is -2.30. The lowest BCUT2D eigenvalue weighted by molar-refractivity contribution is 0.0326. The Morgan fingerprint density at radius 2 is 2.04 bits per heavy atom. The van der Waals surface area contributed by atoms with Crippen LogP contribution in [-0.2, 0) is 4.74 Å². The maximum absolute atomic E-state index is 12.7. The number of nitriles is 1. The molecule has 0 spiro atoms. The van der Waals surface area contributed by atoms with Crippen molar-refractivity contribution in [3.05, 3.63) is 33.8 Å². The average molecular weight is 356 g/mol. The third-order valence-corrected chi connectivity index (χ3v) is 4.28. The van der Waals surface area contributed by atoms with Crippen molar-refractivity contribution >= 4 is 29.1 Å². The Morgan fingerprint density at radius 1 is 1.30 bits per heavy atom. The molecule has 0 aromatic heterocycles. The van der Waals surface area contributed by atoms with E-state index in [2.05, 4.69) is 11.0 Å². The Hall–Kier alpha value is -1.32. The van der Waals surface area contributed by atoms with Gasteiger partial charge in [0.05, 0.1) is 36.3 Å². The summed E-state index contributed by atoms with van der Waals surface area (Å²) >= 11 is 12.0. The van der Waals surface area contributed by atoms with Crippen molar-refractivity contribution in [2.45, 2.75) is 6.42 Å². The number of hydrogen-bond donors (Lipinski definition) is 0. The van der Waals surface area contributed by atoms with Crippen LogP contribution in [0.1, 0.15) is 16.8 Å². The number of benzene rings is 1. The van der Waals surface area contributed by atoms with E-state index in [-0.39, 0.29) is 5.91 Å². The Bertz CT molecular complexity index is 583. The summed E-state index contributed by atoms with van der Waals surface area (Å²) in [5.41, 5.74) is 0.413. The van der Waals surface area contributed by atoms with Crippen molar-refractivity contribution in [3.8, 4) is 6.07 Å². The van der Waals surface area contributed by atoms with Gasteiger partial charge < -0.3 is 9.64 Å². The van der Waals surface area contributed by atoms with Gasteiger partial charge in [-0.3, -0.25) is 9.69 Å². The van der Waals surface area contributed by atoms with Gasteiger partial charge in [0.25, 0.3) is 5.91 Å². The first-order chi connectivity index (χ1) is 11.1. The number of rotatable bonds is 6. The molecule has 1 aromatic carbocycles. The Kier molecular flexibility index (Phi) is 7.13. The van der Waals surface area contributed by atoms with E-state index in [0.29, 0.717) is 35.1 Å². The molecule has 0 unspecified atom stereocenters. The van der Waals surface area contributed by atoms with Gasteiger partial charge in [0, 0.05) is 37.7 Å². The van der Waals surface area contributed by atoms with Crippen LogP contribution in [0.3, 0.4) is 0 Å². The molecular formula is C16H19Cl2N3O2. The molecule has 0 N–H and O–H groups in total. The predicted molar refractivity (Wildman–Crippen MR) is 89.9 cm³/mol. The van der Waals surface area contributed by atoms with Crippen LogP contribution in [0.4, 0.5) is 0 Å². The molecule has 1 aliphatic heterocycles. The summed E-state index contributed by atoms with van der Waals surface area (Å²) in [6.45, 7) is 4.86. The molecule has 2 rings (SSSR count). The second kappa shape index (κ2) is 9.09. The Balaban J connectivity index is 2.03. The van der Waals surface area contributed by atoms with Crippen LogP contribution in [0.5, 0.6) is 0 Å². The van der Waals surface area contributed by atoms with E-state index < -0.39 is 0 Å². The largest absolute Gasteiger partial charge is 0.379 e. The fourth-order valence-electron chi connectivity index (χ4n) is 2.42. The number of carbonyl (C=O) groups excluding carboxylic acids is 1. The molecule has 1 aromatic rings. The number of hydrogen-bond acceptors (Lipinski definition) is 4. The predicted octanol–water partition coefficient (Wildman–Crippen LogP) is 2.68. The first-order valence-corrected chi connectivity index (χ1v) is 8.29. The molecule has 7 heteroatoms. The summed E-state index contributed by atoms with van der Waals surface area (Å²) < 4.78 is 5.32. The van der Waals surface area contributed by atoms with Crippen LogP contribution in [-0.4, -0.2) is 61.6 Å². The minimum absolute atomic E-state index is 0.171. The molecule has 1 fully saturated rings. The summed E-state index contributed by atoms with van der Waals surface area (Å²) in [5.74, 6) is -0.171. The maximum Gasteiger partial charge on any atom is 0.255 e. The van der Waals surface area contributed by atoms with E-state index in [1.165, 1.54) is 0 Å². The third-order valence-electron chi connectivity index (χ3n) is 3.73. The van der Waals surface area contributed by atoms with Crippen LogP contribution >= 0.6 is 23.2 Å². The van der Waals surface area contributed by atoms with Gasteiger partial charge in [-0.1, -0.05) is 23.2 Å². The minimum Gasteiger partial charge on any atom is -0.379 e. The molecule has 1 aliphatic rings. The van der Waals surface area contributed by atoms with Crippen LogP contribution in [0.15, 0.2) is 18.2 Å². The van der Waals surface area contributed by atoms with Gasteiger partial charge in [0.2, 0.25) is 0 Å². The Labute approximate surface area is 146 Å². The van der Waals surface area contributed by atoms with Crippen molar-refractivity contribution in [1.82, 2.24) is 9.80 Å². The van der Waals surface area contributed by atoms with Gasteiger partial charge in [0.15, 0.2) is 0 Å². The van der Waals surface area contributed by atoms with Crippen molar-refractivity contribution in [2.24, 2.45) is 0 Å². The van der Waals surface area contributed by atoms with E-state index in [1.54, 1.807) is 23.1 Å². The van der Waals surface area contributed by atoms with E-state index in [1.807, 2.05) is 0 Å². The first kappa shape index (κ1) is 18.0. The summed E-state index contributed by atoms with van der Waals surface area (Å²) in [5, 5.41) is 9.64. The van der Waals surface area contributed by atoms with Gasteiger partial charge in [0.1, 0.15) is 0 Å². The highest BCUT2D eigenvalue weighted by Gasteiger charge is 2.20. The monoisotopic (exact) mass is 355 g/mol. The van der Waals surface area contributed by atoms with Gasteiger partial charge in [-0.2, -0.15) is 5.26 Å². The van der Waals surface area contributed by atoms with Gasteiger partial charge in [-0.15, -0.1) is 0 Å². The second-order valence-corrected chi connectivity index (χ2v) is 6.12. The van der Waals surface area contributed by atoms with Crippen LogP contribution < -0.4 is 0 Å². The minimum atomic E-state index is -0.171. The number of morpholine rings is 1. The lowest BCUT2D eigenvalue weighted by Crippen LogP contribution is -2.43. The van der Waals surface area contributed by atoms with Crippen LogP contribution in [0, 0.1) is 11.3 Å². The van der Waals surface area contributed by atoms with Crippen molar-refractivity contribution in [1.29, 1.82) is 5.26 Å². The molecule has 0 bridgehead atoms. The molecule has 1 saturated heterocycles. The van der Waals surface area contributed by atoms with Gasteiger partial charge in [-0.05, 0) is 18.2 Å². The summed E-state index contributed by atoms with van der Waals surface area (Å²) in [7, 11) is 0. The van der Waals surface area contributed by atoms with E-state index in [0.717, 1.165) is 32.8 Å². The summed E-state index contributed by atoms with van der Waals surface area (Å²) in [4.78, 5) is 16.6. The van der Waals surface area contributed by atoms with E-state index in [4.69, 9.17) is 33.2 Å². The van der Waals surface area contributed by atoms with Crippen molar-refractivity contribution < 1.29 is 9.53 Å². The molecule has 124 valence electrons. The average Bonchev–Trinajstić information content (AvgIpc) is 2.55. The third kappa shape index (κ3) is 5.36. The molecule has 0 saturated carbocycles. The lowest BCUT2D eigenvalue weighted by atomic mass is 10.2. The molecule has 1 heterocycles. The van der Waals surface area contributed by atoms with Gasteiger partial charge in [-0.25, -0.2) is 0 Å².